The zero-order chi connectivity index (χ0) is 16.2. The van der Waals surface area contributed by atoms with Gasteiger partial charge in [0.15, 0.2) is 0 Å². The highest BCUT2D eigenvalue weighted by Crippen LogP contribution is 2.31. The van der Waals surface area contributed by atoms with Crippen LogP contribution in [0.25, 0.3) is 0 Å². The molecule has 0 saturated heterocycles. The number of nitrogens with zero attached hydrogens (tertiary/aromatic N) is 1. The van der Waals surface area contributed by atoms with E-state index in [4.69, 9.17) is 4.74 Å². The summed E-state index contributed by atoms with van der Waals surface area (Å²) in [5.74, 6) is 0.984. The molecule has 1 aliphatic heterocycles. The molecule has 0 unspecified atom stereocenters. The first kappa shape index (κ1) is 18.8. The van der Waals surface area contributed by atoms with Gasteiger partial charge in [-0.2, -0.15) is 0 Å². The molecule has 3 rings (SSSR count). The Balaban J connectivity index is 0.00000208. The lowest BCUT2D eigenvalue weighted by Gasteiger charge is -2.21. The van der Waals surface area contributed by atoms with E-state index < -0.39 is 5.97 Å². The van der Waals surface area contributed by atoms with Gasteiger partial charge in [-0.05, 0) is 35.4 Å². The number of hydrogen-bond donors (Lipinski definition) is 1. The molecule has 0 bridgehead atoms. The molecule has 0 saturated carbocycles. The predicted octanol–water partition coefficient (Wildman–Crippen LogP) is 4.08. The molecule has 1 N–H and O–H groups in total. The maximum Gasteiger partial charge on any atom is 0.336 e. The van der Waals surface area contributed by atoms with Crippen LogP contribution in [0.2, 0.25) is 0 Å². The summed E-state index contributed by atoms with van der Waals surface area (Å²) in [4.78, 5) is 14.9. The van der Waals surface area contributed by atoms with Crippen LogP contribution in [-0.2, 0) is 13.1 Å². The van der Waals surface area contributed by atoms with Crippen molar-refractivity contribution in [3.63, 3.8) is 0 Å². The van der Waals surface area contributed by atoms with Crippen molar-refractivity contribution in [3.8, 4) is 5.75 Å². The molecule has 24 heavy (non-hydrogen) atoms. The first-order valence-corrected chi connectivity index (χ1v) is 8.49. The molecule has 0 radical (unpaired) electrons. The maximum absolute atomic E-state index is 11.4. The van der Waals surface area contributed by atoms with Crippen LogP contribution >= 0.6 is 28.7 Å². The quantitative estimate of drug-likeness (QED) is 0.823. The zero-order valence-corrected chi connectivity index (χ0v) is 15.9. The lowest BCUT2D eigenvalue weighted by atomic mass is 10.1. The number of carbonyl (C=O) groups is 1. The van der Waals surface area contributed by atoms with E-state index in [0.717, 1.165) is 30.2 Å². The fraction of sp³-hybridized carbons (Fsp3) is 0.278. The Labute approximate surface area is 156 Å². The number of benzene rings is 2. The van der Waals surface area contributed by atoms with Crippen LogP contribution in [-0.4, -0.2) is 35.4 Å². The zero-order valence-electron chi connectivity index (χ0n) is 13.4. The standard InChI is InChI=1S/C18H19NO3S.BrH/c1-22-15-6-7-17-14(10-15)12-19(8-9-23-17)11-13-4-2-3-5-16(13)18(20)21;/h2-7,10H,8-9,11-12H2,1H3,(H,20,21);1H. The largest absolute Gasteiger partial charge is 0.497 e. The fourth-order valence-corrected chi connectivity index (χ4v) is 3.84. The van der Waals surface area contributed by atoms with Crippen molar-refractivity contribution in [1.82, 2.24) is 4.90 Å². The molecule has 0 spiro atoms. The first-order valence-electron chi connectivity index (χ1n) is 7.50. The summed E-state index contributed by atoms with van der Waals surface area (Å²) in [6.45, 7) is 2.36. The van der Waals surface area contributed by atoms with Gasteiger partial charge < -0.3 is 9.84 Å². The number of aromatic carboxylic acids is 1. The number of hydrogen-bond acceptors (Lipinski definition) is 4. The Morgan fingerprint density at radius 2 is 2.08 bits per heavy atom. The lowest BCUT2D eigenvalue weighted by molar-refractivity contribution is 0.0694. The Morgan fingerprint density at radius 1 is 1.29 bits per heavy atom. The van der Waals surface area contributed by atoms with E-state index in [0.29, 0.717) is 12.1 Å². The van der Waals surface area contributed by atoms with Crippen LogP contribution in [0.15, 0.2) is 47.4 Å². The van der Waals surface area contributed by atoms with E-state index in [-0.39, 0.29) is 17.0 Å². The van der Waals surface area contributed by atoms with Gasteiger partial charge in [0.2, 0.25) is 0 Å². The first-order chi connectivity index (χ1) is 11.2. The van der Waals surface area contributed by atoms with Gasteiger partial charge in [0.1, 0.15) is 5.75 Å². The third kappa shape index (κ3) is 4.32. The second-order valence-electron chi connectivity index (χ2n) is 5.50. The van der Waals surface area contributed by atoms with Crippen LogP contribution < -0.4 is 4.74 Å². The number of methoxy groups -OCH3 is 1. The van der Waals surface area contributed by atoms with Gasteiger partial charge in [0, 0.05) is 30.3 Å². The minimum absolute atomic E-state index is 0. The van der Waals surface area contributed by atoms with E-state index >= 15 is 0 Å². The molecular formula is C18H20BrNO3S. The summed E-state index contributed by atoms with van der Waals surface area (Å²) in [6.07, 6.45) is 0. The minimum Gasteiger partial charge on any atom is -0.497 e. The van der Waals surface area contributed by atoms with Gasteiger partial charge in [-0.1, -0.05) is 18.2 Å². The monoisotopic (exact) mass is 409 g/mol. The van der Waals surface area contributed by atoms with Crippen LogP contribution in [0.3, 0.4) is 0 Å². The molecule has 0 aromatic heterocycles. The molecule has 128 valence electrons. The van der Waals surface area contributed by atoms with Crippen LogP contribution in [0, 0.1) is 0 Å². The van der Waals surface area contributed by atoms with E-state index in [1.165, 1.54) is 10.5 Å². The third-order valence-corrected chi connectivity index (χ3v) is 5.06. The summed E-state index contributed by atoms with van der Waals surface area (Å²) in [7, 11) is 1.67. The number of rotatable bonds is 4. The van der Waals surface area contributed by atoms with Crippen molar-refractivity contribution in [2.75, 3.05) is 19.4 Å². The van der Waals surface area contributed by atoms with Crippen LogP contribution in [0.4, 0.5) is 0 Å². The molecule has 0 aliphatic carbocycles. The highest BCUT2D eigenvalue weighted by Gasteiger charge is 2.18. The van der Waals surface area contributed by atoms with Gasteiger partial charge in [0.05, 0.1) is 12.7 Å². The second kappa shape index (κ2) is 8.55. The molecule has 1 heterocycles. The van der Waals surface area contributed by atoms with Gasteiger partial charge in [0.25, 0.3) is 0 Å². The second-order valence-corrected chi connectivity index (χ2v) is 6.63. The van der Waals surface area contributed by atoms with E-state index in [1.54, 1.807) is 19.2 Å². The Bertz CT molecular complexity index is 723. The number of halogens is 1. The number of ether oxygens (including phenoxy) is 1. The summed E-state index contributed by atoms with van der Waals surface area (Å²) in [5, 5.41) is 9.34. The van der Waals surface area contributed by atoms with Crippen LogP contribution in [0.1, 0.15) is 21.5 Å². The fourth-order valence-electron chi connectivity index (χ4n) is 2.79. The normalized spacial score (nSPS) is 14.2. The molecule has 0 atom stereocenters. The van der Waals surface area contributed by atoms with E-state index in [2.05, 4.69) is 17.0 Å². The van der Waals surface area contributed by atoms with Crippen molar-refractivity contribution in [2.24, 2.45) is 0 Å². The number of carboxylic acid groups (broad SMARTS) is 1. The van der Waals surface area contributed by atoms with Gasteiger partial charge in [-0.3, -0.25) is 4.90 Å². The van der Waals surface area contributed by atoms with Crippen LogP contribution in [0.5, 0.6) is 5.75 Å². The van der Waals surface area contributed by atoms with Gasteiger partial charge >= 0.3 is 5.97 Å². The number of fused-ring (bicyclic) bond motifs is 1. The Morgan fingerprint density at radius 3 is 2.83 bits per heavy atom. The van der Waals surface area contributed by atoms with Crippen molar-refractivity contribution in [3.05, 3.63) is 59.2 Å². The van der Waals surface area contributed by atoms with Crippen molar-refractivity contribution < 1.29 is 14.6 Å². The van der Waals surface area contributed by atoms with Gasteiger partial charge in [-0.25, -0.2) is 4.79 Å². The SMILES string of the molecule is Br.COc1ccc2c(c1)CN(Cc1ccccc1C(=O)O)CCS2. The summed E-state index contributed by atoms with van der Waals surface area (Å²) in [5.41, 5.74) is 2.48. The molecule has 0 fully saturated rings. The summed E-state index contributed by atoms with van der Waals surface area (Å²) >= 11 is 1.84. The molecule has 2 aromatic carbocycles. The van der Waals surface area contributed by atoms with Gasteiger partial charge in [-0.15, -0.1) is 28.7 Å². The van der Waals surface area contributed by atoms with E-state index in [9.17, 15) is 9.90 Å². The number of thioether (sulfide) groups is 1. The molecule has 4 nitrogen and oxygen atoms in total. The minimum atomic E-state index is -0.869. The smallest absolute Gasteiger partial charge is 0.336 e. The average Bonchev–Trinajstić information content (AvgIpc) is 2.76. The maximum atomic E-state index is 11.4. The Kier molecular flexibility index (Phi) is 6.71. The molecule has 2 aromatic rings. The predicted molar refractivity (Wildman–Crippen MR) is 102 cm³/mol. The Hall–Kier alpha value is -1.50. The molecular weight excluding hydrogens is 390 g/mol. The van der Waals surface area contributed by atoms with Crippen molar-refractivity contribution >= 4 is 34.7 Å². The number of carboxylic acids is 1. The topological polar surface area (TPSA) is 49.8 Å². The third-order valence-electron chi connectivity index (χ3n) is 3.97. The molecule has 6 heteroatoms. The van der Waals surface area contributed by atoms with E-state index in [1.807, 2.05) is 30.0 Å². The highest BCUT2D eigenvalue weighted by molar-refractivity contribution is 8.93. The molecule has 0 amide bonds. The molecule has 1 aliphatic rings. The summed E-state index contributed by atoms with van der Waals surface area (Å²) in [6, 6.07) is 13.4. The highest BCUT2D eigenvalue weighted by atomic mass is 79.9. The summed E-state index contributed by atoms with van der Waals surface area (Å²) < 4.78 is 5.32. The van der Waals surface area contributed by atoms with Crippen molar-refractivity contribution in [2.45, 2.75) is 18.0 Å². The lowest BCUT2D eigenvalue weighted by Crippen LogP contribution is -2.25. The average molecular weight is 410 g/mol. The van der Waals surface area contributed by atoms with Crippen molar-refractivity contribution in [1.29, 1.82) is 0 Å².